The van der Waals surface area contributed by atoms with Crippen molar-refractivity contribution in [3.63, 3.8) is 0 Å². The van der Waals surface area contributed by atoms with Gasteiger partial charge in [-0.2, -0.15) is 0 Å². The molecule has 1 amide bonds. The lowest BCUT2D eigenvalue weighted by Crippen LogP contribution is -2.40. The van der Waals surface area contributed by atoms with Crippen molar-refractivity contribution in [1.29, 1.82) is 0 Å². The molecule has 2 heterocycles. The molecule has 4 rings (SSSR count). The van der Waals surface area contributed by atoms with Crippen molar-refractivity contribution in [1.82, 2.24) is 10.3 Å². The van der Waals surface area contributed by atoms with Gasteiger partial charge in [-0.05, 0) is 42.0 Å². The minimum atomic E-state index is -0.349. The van der Waals surface area contributed by atoms with Gasteiger partial charge in [-0.3, -0.25) is 9.59 Å². The Kier molecular flexibility index (Phi) is 4.94. The van der Waals surface area contributed by atoms with E-state index >= 15 is 0 Å². The monoisotopic (exact) mass is 378 g/mol. The number of pyridine rings is 1. The number of amides is 1. The van der Waals surface area contributed by atoms with Gasteiger partial charge in [0.1, 0.15) is 5.56 Å². The van der Waals surface area contributed by atoms with E-state index in [1.165, 1.54) is 18.4 Å². The average Bonchev–Trinajstić information content (AvgIpc) is 3.39. The maximum absolute atomic E-state index is 12.7. The number of carbonyl (C=O) groups excluding carboxylic acids is 1. The first-order valence-electron chi connectivity index (χ1n) is 9.29. The molecule has 4 nitrogen and oxygen atoms in total. The molecule has 3 aromatic rings. The van der Waals surface area contributed by atoms with Crippen molar-refractivity contribution in [3.05, 3.63) is 81.5 Å². The number of hydrogen-bond donors (Lipinski definition) is 2. The molecule has 1 fully saturated rings. The number of thiophene rings is 1. The summed E-state index contributed by atoms with van der Waals surface area (Å²) in [5.74, 6) is -0.309. The van der Waals surface area contributed by atoms with Crippen LogP contribution in [0.15, 0.2) is 64.8 Å². The highest BCUT2D eigenvalue weighted by atomic mass is 32.1. The fraction of sp³-hybridized carbons (Fsp3) is 0.273. The van der Waals surface area contributed by atoms with Gasteiger partial charge in [0.25, 0.3) is 11.5 Å². The largest absolute Gasteiger partial charge is 0.351 e. The summed E-state index contributed by atoms with van der Waals surface area (Å²) >= 11 is 1.55. The normalized spacial score (nSPS) is 15.6. The fourth-order valence-electron chi connectivity index (χ4n) is 3.98. The maximum Gasteiger partial charge on any atom is 0.261 e. The quantitative estimate of drug-likeness (QED) is 0.693. The fourth-order valence-corrected chi connectivity index (χ4v) is 4.69. The second-order valence-electron chi connectivity index (χ2n) is 7.13. The van der Waals surface area contributed by atoms with Crippen LogP contribution in [0.2, 0.25) is 0 Å². The SMILES string of the molecule is O=C(NCC1(c2ccccc2)CCCC1)c1ccc(-c2cccs2)[nH]c1=O. The van der Waals surface area contributed by atoms with E-state index in [9.17, 15) is 9.59 Å². The first-order valence-corrected chi connectivity index (χ1v) is 10.2. The van der Waals surface area contributed by atoms with E-state index in [0.717, 1.165) is 23.4 Å². The molecule has 0 unspecified atom stereocenters. The molecule has 2 aromatic heterocycles. The zero-order valence-electron chi connectivity index (χ0n) is 15.0. The highest BCUT2D eigenvalue weighted by Crippen LogP contribution is 2.40. The van der Waals surface area contributed by atoms with Gasteiger partial charge in [0.05, 0.1) is 10.6 Å². The molecule has 1 aromatic carbocycles. The Morgan fingerprint density at radius 3 is 2.48 bits per heavy atom. The summed E-state index contributed by atoms with van der Waals surface area (Å²) in [6.45, 7) is 0.558. The first-order chi connectivity index (χ1) is 13.2. The molecule has 5 heteroatoms. The van der Waals surface area contributed by atoms with Crippen LogP contribution in [0.4, 0.5) is 0 Å². The van der Waals surface area contributed by atoms with Crippen LogP contribution in [0.5, 0.6) is 0 Å². The lowest BCUT2D eigenvalue weighted by atomic mass is 9.79. The van der Waals surface area contributed by atoms with Crippen molar-refractivity contribution in [2.45, 2.75) is 31.1 Å². The Morgan fingerprint density at radius 2 is 1.81 bits per heavy atom. The Bertz CT molecular complexity index is 971. The minimum absolute atomic E-state index is 0.0272. The van der Waals surface area contributed by atoms with E-state index in [1.807, 2.05) is 35.7 Å². The van der Waals surface area contributed by atoms with Gasteiger partial charge < -0.3 is 10.3 Å². The highest BCUT2D eigenvalue weighted by molar-refractivity contribution is 7.13. The van der Waals surface area contributed by atoms with Crippen molar-refractivity contribution >= 4 is 17.2 Å². The Labute approximate surface area is 162 Å². The highest BCUT2D eigenvalue weighted by Gasteiger charge is 2.35. The van der Waals surface area contributed by atoms with Crippen molar-refractivity contribution in [2.24, 2.45) is 0 Å². The van der Waals surface area contributed by atoms with Crippen LogP contribution >= 0.6 is 11.3 Å². The molecule has 27 heavy (non-hydrogen) atoms. The van der Waals surface area contributed by atoms with Gasteiger partial charge in [-0.15, -0.1) is 11.3 Å². The Hall–Kier alpha value is -2.66. The van der Waals surface area contributed by atoms with Crippen LogP contribution in [0.1, 0.15) is 41.6 Å². The van der Waals surface area contributed by atoms with Crippen LogP contribution in [-0.4, -0.2) is 17.4 Å². The molecule has 0 spiro atoms. The first kappa shape index (κ1) is 17.7. The summed E-state index contributed by atoms with van der Waals surface area (Å²) in [5, 5.41) is 4.98. The zero-order valence-corrected chi connectivity index (χ0v) is 15.9. The van der Waals surface area contributed by atoms with Gasteiger partial charge in [0.15, 0.2) is 0 Å². The maximum atomic E-state index is 12.7. The third kappa shape index (κ3) is 3.60. The summed E-state index contributed by atoms with van der Waals surface area (Å²) in [6.07, 6.45) is 4.46. The van der Waals surface area contributed by atoms with Crippen molar-refractivity contribution < 1.29 is 4.79 Å². The second kappa shape index (κ2) is 7.53. The number of aromatic nitrogens is 1. The third-order valence-corrected chi connectivity index (χ3v) is 6.38. The van der Waals surface area contributed by atoms with E-state index in [0.29, 0.717) is 6.54 Å². The van der Waals surface area contributed by atoms with Crippen LogP contribution in [0, 0.1) is 0 Å². The van der Waals surface area contributed by atoms with Crippen LogP contribution in [0.25, 0.3) is 10.6 Å². The Morgan fingerprint density at radius 1 is 1.04 bits per heavy atom. The standard InChI is InChI=1S/C22H22N2O2S/c25-20(17-10-11-18(24-21(17)26)19-9-6-14-27-19)23-15-22(12-4-5-13-22)16-7-2-1-3-8-16/h1-3,6-11,14H,4-5,12-13,15H2,(H,23,25)(H,24,26). The topological polar surface area (TPSA) is 62.0 Å². The molecular formula is C22H22N2O2S. The molecule has 0 bridgehead atoms. The van der Waals surface area contributed by atoms with Crippen LogP contribution in [0.3, 0.4) is 0 Å². The number of aromatic amines is 1. The number of carbonyl (C=O) groups is 1. The summed E-state index contributed by atoms with van der Waals surface area (Å²) in [5.41, 5.74) is 1.79. The molecule has 1 saturated carbocycles. The van der Waals surface area contributed by atoms with E-state index < -0.39 is 0 Å². The minimum Gasteiger partial charge on any atom is -0.351 e. The second-order valence-corrected chi connectivity index (χ2v) is 8.08. The predicted molar refractivity (Wildman–Crippen MR) is 109 cm³/mol. The van der Waals surface area contributed by atoms with Crippen LogP contribution in [-0.2, 0) is 5.41 Å². The van der Waals surface area contributed by atoms with E-state index in [4.69, 9.17) is 0 Å². The number of benzene rings is 1. The molecule has 1 aliphatic rings. The molecular weight excluding hydrogens is 356 g/mol. The molecule has 0 radical (unpaired) electrons. The van der Waals surface area contributed by atoms with Gasteiger partial charge in [0.2, 0.25) is 0 Å². The number of nitrogens with one attached hydrogen (secondary N) is 2. The van der Waals surface area contributed by atoms with Gasteiger partial charge in [-0.1, -0.05) is 49.2 Å². The van der Waals surface area contributed by atoms with Gasteiger partial charge in [-0.25, -0.2) is 0 Å². The van der Waals surface area contributed by atoms with Gasteiger partial charge in [0, 0.05) is 12.0 Å². The van der Waals surface area contributed by atoms with Crippen LogP contribution < -0.4 is 10.9 Å². The molecule has 0 saturated heterocycles. The zero-order chi connectivity index (χ0) is 18.7. The molecule has 1 aliphatic carbocycles. The number of H-pyrrole nitrogens is 1. The van der Waals surface area contributed by atoms with Crippen molar-refractivity contribution in [2.75, 3.05) is 6.54 Å². The summed E-state index contributed by atoms with van der Waals surface area (Å²) in [6, 6.07) is 17.7. The number of hydrogen-bond acceptors (Lipinski definition) is 3. The van der Waals surface area contributed by atoms with E-state index in [-0.39, 0.29) is 22.4 Å². The molecule has 138 valence electrons. The van der Waals surface area contributed by atoms with E-state index in [2.05, 4.69) is 22.4 Å². The van der Waals surface area contributed by atoms with Gasteiger partial charge >= 0.3 is 0 Å². The number of rotatable bonds is 5. The van der Waals surface area contributed by atoms with E-state index in [1.54, 1.807) is 23.5 Å². The molecule has 2 N–H and O–H groups in total. The lowest BCUT2D eigenvalue weighted by molar-refractivity contribution is 0.0941. The average molecular weight is 378 g/mol. The Balaban J connectivity index is 1.51. The smallest absolute Gasteiger partial charge is 0.261 e. The third-order valence-electron chi connectivity index (χ3n) is 5.47. The predicted octanol–water partition coefficient (Wildman–Crippen LogP) is 4.35. The lowest BCUT2D eigenvalue weighted by Gasteiger charge is -2.30. The summed E-state index contributed by atoms with van der Waals surface area (Å²) in [4.78, 5) is 28.9. The molecule has 0 atom stereocenters. The summed E-state index contributed by atoms with van der Waals surface area (Å²) in [7, 11) is 0. The van der Waals surface area contributed by atoms with Crippen molar-refractivity contribution in [3.8, 4) is 10.6 Å². The summed E-state index contributed by atoms with van der Waals surface area (Å²) < 4.78 is 0. The molecule has 0 aliphatic heterocycles.